The third-order valence-corrected chi connectivity index (χ3v) is 8.04. The smallest absolute Gasteiger partial charge is 0.264 e. The largest absolute Gasteiger partial charge is 0.494 e. The monoisotopic (exact) mass is 569 g/mol. The van der Waals surface area contributed by atoms with Crippen molar-refractivity contribution in [1.29, 1.82) is 0 Å². The molecule has 0 heterocycles. The minimum atomic E-state index is -4.28. The number of nitrogens with one attached hydrogen (secondary N) is 1. The van der Waals surface area contributed by atoms with Gasteiger partial charge in [-0.05, 0) is 55.8 Å². The maximum atomic E-state index is 14.0. The number of likely N-dealkylation sites (N-methyl/N-ethyl adjacent to an activating group) is 1. The van der Waals surface area contributed by atoms with Crippen LogP contribution in [0.3, 0.4) is 0 Å². The fourth-order valence-corrected chi connectivity index (χ4v) is 5.51. The molecule has 0 saturated heterocycles. The van der Waals surface area contributed by atoms with E-state index in [1.165, 1.54) is 44.4 Å². The van der Waals surface area contributed by atoms with E-state index in [4.69, 9.17) is 14.2 Å². The first-order valence-electron chi connectivity index (χ1n) is 12.7. The van der Waals surface area contributed by atoms with Crippen LogP contribution in [0.15, 0.2) is 77.7 Å². The van der Waals surface area contributed by atoms with Crippen molar-refractivity contribution in [2.75, 3.05) is 38.7 Å². The number of benzene rings is 3. The summed E-state index contributed by atoms with van der Waals surface area (Å²) in [4.78, 5) is 27.7. The Labute approximate surface area is 235 Å². The maximum absolute atomic E-state index is 14.0. The molecule has 0 spiro atoms. The van der Waals surface area contributed by atoms with Gasteiger partial charge in [0.05, 0.1) is 31.4 Å². The Hall–Kier alpha value is -4.25. The Kier molecular flexibility index (Phi) is 10.4. The first-order valence-corrected chi connectivity index (χ1v) is 14.1. The molecule has 10 nitrogen and oxygen atoms in total. The zero-order chi connectivity index (χ0) is 29.3. The van der Waals surface area contributed by atoms with Gasteiger partial charge in [0.15, 0.2) is 11.5 Å². The molecule has 0 aliphatic carbocycles. The summed E-state index contributed by atoms with van der Waals surface area (Å²) in [6.07, 6.45) is 0. The van der Waals surface area contributed by atoms with Crippen LogP contribution in [0.4, 0.5) is 5.69 Å². The molecule has 3 aromatic rings. The number of hydrogen-bond acceptors (Lipinski definition) is 7. The molecule has 40 heavy (non-hydrogen) atoms. The number of hydrogen-bond donors (Lipinski definition) is 1. The number of rotatable bonds is 13. The molecule has 0 aliphatic rings. The Morgan fingerprint density at radius 3 is 2.15 bits per heavy atom. The van der Waals surface area contributed by atoms with E-state index in [0.29, 0.717) is 18.1 Å². The van der Waals surface area contributed by atoms with Crippen LogP contribution in [-0.2, 0) is 26.2 Å². The van der Waals surface area contributed by atoms with Gasteiger partial charge >= 0.3 is 0 Å². The van der Waals surface area contributed by atoms with Gasteiger partial charge in [0.25, 0.3) is 10.0 Å². The number of amides is 2. The Balaban J connectivity index is 2.07. The van der Waals surface area contributed by atoms with Crippen LogP contribution in [-0.4, -0.2) is 65.6 Å². The van der Waals surface area contributed by atoms with Crippen LogP contribution in [0.25, 0.3) is 0 Å². The first-order chi connectivity index (χ1) is 19.2. The highest BCUT2D eigenvalue weighted by atomic mass is 32.2. The van der Waals surface area contributed by atoms with Crippen molar-refractivity contribution in [2.24, 2.45) is 0 Å². The van der Waals surface area contributed by atoms with Crippen molar-refractivity contribution >= 4 is 27.5 Å². The van der Waals surface area contributed by atoms with Gasteiger partial charge in [-0.1, -0.05) is 30.3 Å². The van der Waals surface area contributed by atoms with Crippen LogP contribution in [0, 0.1) is 0 Å². The molecular weight excluding hydrogens is 534 g/mol. The summed E-state index contributed by atoms with van der Waals surface area (Å²) in [6.45, 7) is 3.44. The second-order valence-electron chi connectivity index (χ2n) is 8.75. The van der Waals surface area contributed by atoms with Gasteiger partial charge in [-0.2, -0.15) is 0 Å². The summed E-state index contributed by atoms with van der Waals surface area (Å²) in [5.41, 5.74) is 1.04. The molecule has 0 unspecified atom stereocenters. The van der Waals surface area contributed by atoms with Gasteiger partial charge in [0.2, 0.25) is 11.8 Å². The number of methoxy groups -OCH3 is 2. The average molecular weight is 570 g/mol. The van der Waals surface area contributed by atoms with Gasteiger partial charge in [-0.15, -0.1) is 0 Å². The van der Waals surface area contributed by atoms with E-state index in [1.807, 2.05) is 37.3 Å². The van der Waals surface area contributed by atoms with Crippen LogP contribution >= 0.6 is 0 Å². The second-order valence-corrected chi connectivity index (χ2v) is 10.6. The highest BCUT2D eigenvalue weighted by Crippen LogP contribution is 2.33. The quantitative estimate of drug-likeness (QED) is 0.335. The van der Waals surface area contributed by atoms with E-state index >= 15 is 0 Å². The zero-order valence-electron chi connectivity index (χ0n) is 23.3. The van der Waals surface area contributed by atoms with Gasteiger partial charge in [0, 0.05) is 19.7 Å². The van der Waals surface area contributed by atoms with E-state index < -0.39 is 28.5 Å². The van der Waals surface area contributed by atoms with Crippen LogP contribution in [0.2, 0.25) is 0 Å². The molecule has 0 bridgehead atoms. The molecule has 0 aliphatic heterocycles. The molecule has 1 atom stereocenters. The Morgan fingerprint density at radius 1 is 0.925 bits per heavy atom. The first kappa shape index (κ1) is 30.3. The third-order valence-electron chi connectivity index (χ3n) is 6.27. The molecule has 0 fully saturated rings. The molecule has 2 amide bonds. The van der Waals surface area contributed by atoms with Gasteiger partial charge in [-0.25, -0.2) is 8.42 Å². The summed E-state index contributed by atoms with van der Waals surface area (Å²) >= 11 is 0. The fraction of sp³-hybridized carbons (Fsp3) is 0.310. The summed E-state index contributed by atoms with van der Waals surface area (Å²) in [5, 5.41) is 2.56. The molecule has 0 radical (unpaired) electrons. The lowest BCUT2D eigenvalue weighted by atomic mass is 10.1. The number of ether oxygens (including phenoxy) is 3. The highest BCUT2D eigenvalue weighted by molar-refractivity contribution is 7.92. The van der Waals surface area contributed by atoms with Crippen molar-refractivity contribution in [1.82, 2.24) is 10.2 Å². The summed E-state index contributed by atoms with van der Waals surface area (Å²) in [7, 11) is 0.0597. The van der Waals surface area contributed by atoms with E-state index in [-0.39, 0.29) is 28.8 Å². The lowest BCUT2D eigenvalue weighted by Crippen LogP contribution is -2.50. The number of nitrogens with zero attached hydrogens (tertiary/aromatic N) is 2. The fourth-order valence-electron chi connectivity index (χ4n) is 4.08. The number of carbonyl (C=O) groups is 2. The molecule has 214 valence electrons. The normalized spacial score (nSPS) is 11.7. The molecule has 3 rings (SSSR count). The number of carbonyl (C=O) groups excluding carboxylic acids is 2. The van der Waals surface area contributed by atoms with E-state index in [2.05, 4.69) is 5.32 Å². The minimum absolute atomic E-state index is 0.0965. The molecule has 0 aromatic heterocycles. The number of sulfonamides is 1. The van der Waals surface area contributed by atoms with E-state index in [1.54, 1.807) is 31.2 Å². The van der Waals surface area contributed by atoms with Crippen LogP contribution < -0.4 is 23.8 Å². The van der Waals surface area contributed by atoms with Crippen LogP contribution in [0.5, 0.6) is 17.2 Å². The van der Waals surface area contributed by atoms with Crippen molar-refractivity contribution in [3.05, 3.63) is 78.4 Å². The molecule has 11 heteroatoms. The molecule has 0 saturated carbocycles. The lowest BCUT2D eigenvalue weighted by Gasteiger charge is -2.32. The molecule has 3 aromatic carbocycles. The Morgan fingerprint density at radius 2 is 1.57 bits per heavy atom. The van der Waals surface area contributed by atoms with Crippen molar-refractivity contribution in [3.8, 4) is 17.2 Å². The predicted molar refractivity (Wildman–Crippen MR) is 152 cm³/mol. The summed E-state index contributed by atoms with van der Waals surface area (Å²) < 4.78 is 45.2. The lowest BCUT2D eigenvalue weighted by molar-refractivity contribution is -0.139. The van der Waals surface area contributed by atoms with Crippen molar-refractivity contribution in [3.63, 3.8) is 0 Å². The third kappa shape index (κ3) is 7.03. The average Bonchev–Trinajstić information content (AvgIpc) is 2.98. The second kappa shape index (κ2) is 13.7. The van der Waals surface area contributed by atoms with E-state index in [9.17, 15) is 18.0 Å². The van der Waals surface area contributed by atoms with Crippen molar-refractivity contribution < 1.29 is 32.2 Å². The predicted octanol–water partition coefficient (Wildman–Crippen LogP) is 3.46. The standard InChI is InChI=1S/C29H35N3O7S/c1-6-39-24-14-12-23(13-15-24)32(40(35,36)25-16-17-26(37-4)27(18-25)38-5)20-28(33)31(21(2)29(34)30-3)19-22-10-8-7-9-11-22/h7-18,21H,6,19-20H2,1-5H3,(H,30,34)/t21-/m1/s1. The molecular formula is C29H35N3O7S. The number of anilines is 1. The van der Waals surface area contributed by atoms with Crippen LogP contribution in [0.1, 0.15) is 19.4 Å². The van der Waals surface area contributed by atoms with Gasteiger partial charge in [0.1, 0.15) is 18.3 Å². The van der Waals surface area contributed by atoms with Gasteiger partial charge in [-0.3, -0.25) is 13.9 Å². The van der Waals surface area contributed by atoms with Crippen molar-refractivity contribution in [2.45, 2.75) is 31.3 Å². The Bertz CT molecular complexity index is 1400. The topological polar surface area (TPSA) is 114 Å². The summed E-state index contributed by atoms with van der Waals surface area (Å²) in [6, 6.07) is 18.9. The minimum Gasteiger partial charge on any atom is -0.494 e. The maximum Gasteiger partial charge on any atom is 0.264 e. The highest BCUT2D eigenvalue weighted by Gasteiger charge is 2.33. The summed E-state index contributed by atoms with van der Waals surface area (Å²) in [5.74, 6) is 0.205. The SMILES string of the molecule is CCOc1ccc(N(CC(=O)N(Cc2ccccc2)[C@H](C)C(=O)NC)S(=O)(=O)c2ccc(OC)c(OC)c2)cc1. The van der Waals surface area contributed by atoms with Gasteiger partial charge < -0.3 is 24.4 Å². The zero-order valence-corrected chi connectivity index (χ0v) is 24.1. The molecule has 1 N–H and O–H groups in total. The van der Waals surface area contributed by atoms with E-state index in [0.717, 1.165) is 9.87 Å².